The van der Waals surface area contributed by atoms with E-state index in [1.807, 2.05) is 25.7 Å². The first-order chi connectivity index (χ1) is 10.5. The Hall–Kier alpha value is -1.55. The fourth-order valence-electron chi connectivity index (χ4n) is 2.62. The Bertz CT molecular complexity index is 680. The van der Waals surface area contributed by atoms with Crippen LogP contribution in [0.25, 0.3) is 10.9 Å². The van der Waals surface area contributed by atoms with Gasteiger partial charge < -0.3 is 4.90 Å². The number of carbonyl (C=O) groups excluding carboxylic acids is 1. The molecule has 1 atom stereocenters. The highest BCUT2D eigenvalue weighted by Gasteiger charge is 2.20. The zero-order chi connectivity index (χ0) is 16.3. The van der Waals surface area contributed by atoms with Crippen molar-refractivity contribution < 1.29 is 4.79 Å². The SMILES string of the molecule is CCN(CC)C(=O)[C@H](C)Sc1cc(C)c2cccc(C)c2n1. The lowest BCUT2D eigenvalue weighted by Gasteiger charge is -2.22. The molecule has 2 rings (SSSR count). The maximum atomic E-state index is 12.4. The van der Waals surface area contributed by atoms with E-state index in [2.05, 4.69) is 38.1 Å². The van der Waals surface area contributed by atoms with Crippen LogP contribution in [0, 0.1) is 13.8 Å². The molecule has 0 unspecified atom stereocenters. The molecule has 0 saturated carbocycles. The van der Waals surface area contributed by atoms with Crippen molar-refractivity contribution in [3.8, 4) is 0 Å². The minimum absolute atomic E-state index is 0.117. The lowest BCUT2D eigenvalue weighted by Crippen LogP contribution is -2.36. The molecule has 1 amide bonds. The van der Waals surface area contributed by atoms with Gasteiger partial charge in [-0.3, -0.25) is 4.79 Å². The van der Waals surface area contributed by atoms with Gasteiger partial charge in [0.1, 0.15) is 0 Å². The summed E-state index contributed by atoms with van der Waals surface area (Å²) in [5, 5.41) is 1.99. The summed E-state index contributed by atoms with van der Waals surface area (Å²) in [5.41, 5.74) is 3.41. The van der Waals surface area contributed by atoms with Crippen molar-refractivity contribution in [2.45, 2.75) is 44.9 Å². The zero-order valence-electron chi connectivity index (χ0n) is 14.0. The highest BCUT2D eigenvalue weighted by Crippen LogP contribution is 2.28. The van der Waals surface area contributed by atoms with Gasteiger partial charge in [0.25, 0.3) is 0 Å². The quantitative estimate of drug-likeness (QED) is 0.775. The Balaban J connectivity index is 2.28. The summed E-state index contributed by atoms with van der Waals surface area (Å²) in [6.07, 6.45) is 0. The summed E-state index contributed by atoms with van der Waals surface area (Å²) in [6.45, 7) is 11.7. The second kappa shape index (κ2) is 7.14. The first kappa shape index (κ1) is 16.8. The predicted octanol–water partition coefficient (Wildman–Crippen LogP) is 4.20. The van der Waals surface area contributed by atoms with Gasteiger partial charge in [-0.15, -0.1) is 0 Å². The zero-order valence-corrected chi connectivity index (χ0v) is 14.8. The molecule has 2 aromatic rings. The van der Waals surface area contributed by atoms with Crippen LogP contribution in [-0.2, 0) is 4.79 Å². The van der Waals surface area contributed by atoms with Crippen LogP contribution >= 0.6 is 11.8 Å². The van der Waals surface area contributed by atoms with Crippen LogP contribution in [0.5, 0.6) is 0 Å². The van der Waals surface area contributed by atoms with Gasteiger partial charge in [0, 0.05) is 18.5 Å². The van der Waals surface area contributed by atoms with Crippen LogP contribution in [0.3, 0.4) is 0 Å². The van der Waals surface area contributed by atoms with Crippen LogP contribution in [0.1, 0.15) is 31.9 Å². The summed E-state index contributed by atoms with van der Waals surface area (Å²) >= 11 is 1.55. The van der Waals surface area contributed by atoms with Gasteiger partial charge in [-0.2, -0.15) is 0 Å². The minimum atomic E-state index is -0.117. The Labute approximate surface area is 137 Å². The number of hydrogen-bond donors (Lipinski definition) is 0. The molecule has 1 aromatic heterocycles. The highest BCUT2D eigenvalue weighted by molar-refractivity contribution is 8.00. The molecule has 0 fully saturated rings. The van der Waals surface area contributed by atoms with Crippen molar-refractivity contribution in [3.05, 3.63) is 35.4 Å². The molecule has 0 N–H and O–H groups in total. The lowest BCUT2D eigenvalue weighted by atomic mass is 10.1. The lowest BCUT2D eigenvalue weighted by molar-refractivity contribution is -0.129. The third-order valence-electron chi connectivity index (χ3n) is 3.94. The van der Waals surface area contributed by atoms with E-state index in [9.17, 15) is 4.79 Å². The molecule has 22 heavy (non-hydrogen) atoms. The largest absolute Gasteiger partial charge is 0.342 e. The number of hydrogen-bond acceptors (Lipinski definition) is 3. The molecule has 0 saturated heterocycles. The van der Waals surface area contributed by atoms with Crippen molar-refractivity contribution in [1.29, 1.82) is 0 Å². The van der Waals surface area contributed by atoms with Crippen LogP contribution in [0.4, 0.5) is 0 Å². The Kier molecular flexibility index (Phi) is 5.46. The monoisotopic (exact) mass is 316 g/mol. The van der Waals surface area contributed by atoms with Crippen molar-refractivity contribution in [3.63, 3.8) is 0 Å². The molecular weight excluding hydrogens is 292 g/mol. The first-order valence-corrected chi connectivity index (χ1v) is 8.68. The smallest absolute Gasteiger partial charge is 0.235 e. The van der Waals surface area contributed by atoms with Crippen molar-refractivity contribution in [1.82, 2.24) is 9.88 Å². The van der Waals surface area contributed by atoms with Crippen LogP contribution in [0.15, 0.2) is 29.3 Å². The second-order valence-electron chi connectivity index (χ2n) is 5.52. The summed E-state index contributed by atoms with van der Waals surface area (Å²) in [4.78, 5) is 19.0. The van der Waals surface area contributed by atoms with Crippen LogP contribution < -0.4 is 0 Å². The normalized spacial score (nSPS) is 12.4. The third kappa shape index (κ3) is 3.43. The summed E-state index contributed by atoms with van der Waals surface area (Å²) in [5.74, 6) is 0.180. The number of amides is 1. The molecule has 0 spiro atoms. The molecule has 0 bridgehead atoms. The molecule has 0 aliphatic carbocycles. The molecule has 1 heterocycles. The van der Waals surface area contributed by atoms with Crippen molar-refractivity contribution >= 4 is 28.6 Å². The molecule has 118 valence electrons. The van der Waals surface area contributed by atoms with E-state index >= 15 is 0 Å². The predicted molar refractivity (Wildman–Crippen MR) is 94.5 cm³/mol. The van der Waals surface area contributed by atoms with Gasteiger partial charge in [-0.1, -0.05) is 30.0 Å². The Morgan fingerprint density at radius 1 is 1.23 bits per heavy atom. The highest BCUT2D eigenvalue weighted by atomic mass is 32.2. The topological polar surface area (TPSA) is 33.2 Å². The van der Waals surface area contributed by atoms with E-state index in [4.69, 9.17) is 4.98 Å². The van der Waals surface area contributed by atoms with E-state index in [1.165, 1.54) is 16.5 Å². The summed E-state index contributed by atoms with van der Waals surface area (Å²) in [6, 6.07) is 8.32. The second-order valence-corrected chi connectivity index (χ2v) is 6.88. The molecule has 0 aliphatic heterocycles. The molecule has 1 aromatic carbocycles. The van der Waals surface area contributed by atoms with E-state index in [0.717, 1.165) is 23.6 Å². The van der Waals surface area contributed by atoms with E-state index in [0.29, 0.717) is 0 Å². The fraction of sp³-hybridized carbons (Fsp3) is 0.444. The number of thioether (sulfide) groups is 1. The number of rotatable bonds is 5. The van der Waals surface area contributed by atoms with Crippen molar-refractivity contribution in [2.75, 3.05) is 13.1 Å². The summed E-state index contributed by atoms with van der Waals surface area (Å²) in [7, 11) is 0. The van der Waals surface area contributed by atoms with Gasteiger partial charge in [0.15, 0.2) is 0 Å². The standard InChI is InChI=1S/C18H24N2OS/c1-6-20(7-2)18(21)14(5)22-16-11-13(4)15-10-8-9-12(3)17(15)19-16/h8-11,14H,6-7H2,1-5H3/t14-/m0/s1. The molecule has 0 aliphatic rings. The first-order valence-electron chi connectivity index (χ1n) is 7.80. The maximum Gasteiger partial charge on any atom is 0.235 e. The Morgan fingerprint density at radius 3 is 2.55 bits per heavy atom. The van der Waals surface area contributed by atoms with Gasteiger partial charge >= 0.3 is 0 Å². The number of para-hydroxylation sites is 1. The number of aromatic nitrogens is 1. The number of carbonyl (C=O) groups is 1. The molecule has 3 nitrogen and oxygen atoms in total. The number of nitrogens with zero attached hydrogens (tertiary/aromatic N) is 2. The summed E-state index contributed by atoms with van der Waals surface area (Å²) < 4.78 is 0. The molecule has 0 radical (unpaired) electrons. The van der Waals surface area contributed by atoms with E-state index < -0.39 is 0 Å². The molecule has 4 heteroatoms. The average molecular weight is 316 g/mol. The molecular formula is C18H24N2OS. The Morgan fingerprint density at radius 2 is 1.91 bits per heavy atom. The van der Waals surface area contributed by atoms with Gasteiger partial charge in [0.05, 0.1) is 15.8 Å². The van der Waals surface area contributed by atoms with Crippen LogP contribution in [0.2, 0.25) is 0 Å². The van der Waals surface area contributed by atoms with E-state index in [1.54, 1.807) is 11.8 Å². The van der Waals surface area contributed by atoms with E-state index in [-0.39, 0.29) is 11.2 Å². The maximum absolute atomic E-state index is 12.4. The number of pyridine rings is 1. The number of benzene rings is 1. The van der Waals surface area contributed by atoms with Gasteiger partial charge in [-0.25, -0.2) is 4.98 Å². The number of fused-ring (bicyclic) bond motifs is 1. The van der Waals surface area contributed by atoms with Crippen molar-refractivity contribution in [2.24, 2.45) is 0 Å². The average Bonchev–Trinajstić information content (AvgIpc) is 2.49. The third-order valence-corrected chi connectivity index (χ3v) is 4.95. The van der Waals surface area contributed by atoms with Gasteiger partial charge in [-0.05, 0) is 51.8 Å². The minimum Gasteiger partial charge on any atom is -0.342 e. The fourth-order valence-corrected chi connectivity index (χ4v) is 3.62. The van der Waals surface area contributed by atoms with Crippen LogP contribution in [-0.4, -0.2) is 34.1 Å². The van der Waals surface area contributed by atoms with Gasteiger partial charge in [0.2, 0.25) is 5.91 Å². The number of aryl methyl sites for hydroxylation is 2.